The van der Waals surface area contributed by atoms with E-state index in [2.05, 4.69) is 0 Å². The molecule has 5 heteroatoms. The van der Waals surface area contributed by atoms with Gasteiger partial charge in [-0.2, -0.15) is 0 Å². The summed E-state index contributed by atoms with van der Waals surface area (Å²) >= 11 is 1.20. The summed E-state index contributed by atoms with van der Waals surface area (Å²) in [4.78, 5) is 11.7. The molecule has 90 valence electrons. The van der Waals surface area contributed by atoms with Gasteiger partial charge in [-0.15, -0.1) is 0 Å². The summed E-state index contributed by atoms with van der Waals surface area (Å²) in [5, 5.41) is 7.66. The van der Waals surface area contributed by atoms with Gasteiger partial charge >= 0.3 is 4.87 Å². The molecule has 1 aromatic carbocycles. The van der Waals surface area contributed by atoms with Crippen molar-refractivity contribution in [2.45, 2.75) is 19.9 Å². The van der Waals surface area contributed by atoms with E-state index in [4.69, 9.17) is 10.1 Å². The SMILES string of the molecule is CCCOC(=N)Cn1c(=O)sc2ccccc21. The molecule has 1 aromatic heterocycles. The van der Waals surface area contributed by atoms with Gasteiger partial charge < -0.3 is 4.74 Å². The van der Waals surface area contributed by atoms with Gasteiger partial charge in [-0.3, -0.25) is 14.8 Å². The van der Waals surface area contributed by atoms with Crippen LogP contribution in [-0.4, -0.2) is 17.1 Å². The molecule has 0 saturated carbocycles. The highest BCUT2D eigenvalue weighted by atomic mass is 32.1. The number of aromatic nitrogens is 1. The molecule has 0 fully saturated rings. The lowest BCUT2D eigenvalue weighted by molar-refractivity contribution is 0.290. The van der Waals surface area contributed by atoms with E-state index in [1.807, 2.05) is 31.2 Å². The molecule has 0 amide bonds. The van der Waals surface area contributed by atoms with Crippen molar-refractivity contribution < 1.29 is 4.74 Å². The maximum atomic E-state index is 11.8. The smallest absolute Gasteiger partial charge is 0.308 e. The number of para-hydroxylation sites is 1. The van der Waals surface area contributed by atoms with Crippen molar-refractivity contribution in [2.75, 3.05) is 6.61 Å². The second-order valence-electron chi connectivity index (χ2n) is 3.69. The minimum Gasteiger partial charge on any atom is -0.480 e. The Hall–Kier alpha value is -1.62. The van der Waals surface area contributed by atoms with Crippen molar-refractivity contribution in [3.63, 3.8) is 0 Å². The molecule has 1 N–H and O–H groups in total. The van der Waals surface area contributed by atoms with Crippen LogP contribution in [0.4, 0.5) is 0 Å². The van der Waals surface area contributed by atoms with Gasteiger partial charge in [0.1, 0.15) is 6.54 Å². The van der Waals surface area contributed by atoms with Gasteiger partial charge in [0, 0.05) is 0 Å². The number of nitrogens with one attached hydrogen (secondary N) is 1. The molecule has 0 radical (unpaired) electrons. The first-order chi connectivity index (χ1) is 8.22. The molecule has 0 spiro atoms. The average Bonchev–Trinajstić information content (AvgIpc) is 2.64. The Labute approximate surface area is 103 Å². The highest BCUT2D eigenvalue weighted by Gasteiger charge is 2.09. The second kappa shape index (κ2) is 5.14. The van der Waals surface area contributed by atoms with E-state index >= 15 is 0 Å². The largest absolute Gasteiger partial charge is 0.480 e. The summed E-state index contributed by atoms with van der Waals surface area (Å²) in [6.07, 6.45) is 0.863. The van der Waals surface area contributed by atoms with Crippen LogP contribution in [0.15, 0.2) is 29.1 Å². The lowest BCUT2D eigenvalue weighted by Gasteiger charge is -2.07. The summed E-state index contributed by atoms with van der Waals surface area (Å²) in [6, 6.07) is 7.60. The number of fused-ring (bicyclic) bond motifs is 1. The van der Waals surface area contributed by atoms with E-state index in [1.54, 1.807) is 4.57 Å². The van der Waals surface area contributed by atoms with Crippen molar-refractivity contribution in [1.29, 1.82) is 5.41 Å². The topological polar surface area (TPSA) is 55.1 Å². The summed E-state index contributed by atoms with van der Waals surface area (Å²) in [7, 11) is 0. The predicted octanol–water partition coefficient (Wildman–Crippen LogP) is 2.47. The first-order valence-electron chi connectivity index (χ1n) is 5.51. The van der Waals surface area contributed by atoms with Crippen LogP contribution in [-0.2, 0) is 11.3 Å². The molecule has 0 atom stereocenters. The molecular weight excluding hydrogens is 236 g/mol. The van der Waals surface area contributed by atoms with Crippen molar-refractivity contribution in [3.8, 4) is 0 Å². The number of rotatable bonds is 4. The molecular formula is C12H14N2O2S. The van der Waals surface area contributed by atoms with Gasteiger partial charge in [0.2, 0.25) is 5.90 Å². The zero-order valence-corrected chi connectivity index (χ0v) is 10.4. The molecule has 17 heavy (non-hydrogen) atoms. The maximum Gasteiger partial charge on any atom is 0.308 e. The number of hydrogen-bond acceptors (Lipinski definition) is 4. The Balaban J connectivity index is 2.26. The van der Waals surface area contributed by atoms with Crippen molar-refractivity contribution in [3.05, 3.63) is 33.9 Å². The monoisotopic (exact) mass is 250 g/mol. The van der Waals surface area contributed by atoms with Crippen molar-refractivity contribution in [1.82, 2.24) is 4.57 Å². The number of benzene rings is 1. The molecule has 2 rings (SSSR count). The molecule has 0 aliphatic heterocycles. The maximum absolute atomic E-state index is 11.8. The third-order valence-corrected chi connectivity index (χ3v) is 3.32. The fourth-order valence-electron chi connectivity index (χ4n) is 1.58. The molecule has 0 aliphatic carbocycles. The summed E-state index contributed by atoms with van der Waals surface area (Å²) in [6.45, 7) is 2.72. The van der Waals surface area contributed by atoms with E-state index in [0.29, 0.717) is 6.61 Å². The zero-order valence-electron chi connectivity index (χ0n) is 9.60. The first kappa shape index (κ1) is 11.9. The molecule has 0 saturated heterocycles. The Morgan fingerprint density at radius 3 is 3.00 bits per heavy atom. The van der Waals surface area contributed by atoms with E-state index in [-0.39, 0.29) is 17.3 Å². The first-order valence-corrected chi connectivity index (χ1v) is 6.32. The lowest BCUT2D eigenvalue weighted by Crippen LogP contribution is -2.20. The van der Waals surface area contributed by atoms with Crippen LogP contribution in [0.2, 0.25) is 0 Å². The Kier molecular flexibility index (Phi) is 3.58. The highest BCUT2D eigenvalue weighted by molar-refractivity contribution is 7.16. The molecule has 4 nitrogen and oxygen atoms in total. The minimum absolute atomic E-state index is 0.0453. The fourth-order valence-corrected chi connectivity index (χ4v) is 2.47. The summed E-state index contributed by atoms with van der Waals surface area (Å²) < 4.78 is 7.72. The van der Waals surface area contributed by atoms with Crippen LogP contribution in [0.25, 0.3) is 10.2 Å². The molecule has 0 bridgehead atoms. The van der Waals surface area contributed by atoms with E-state index in [9.17, 15) is 4.79 Å². The molecule has 1 heterocycles. The number of ether oxygens (including phenoxy) is 1. The van der Waals surface area contributed by atoms with Crippen LogP contribution >= 0.6 is 11.3 Å². The summed E-state index contributed by atoms with van der Waals surface area (Å²) in [5.41, 5.74) is 0.868. The van der Waals surface area contributed by atoms with Gasteiger partial charge in [0.05, 0.1) is 16.8 Å². The van der Waals surface area contributed by atoms with Crippen LogP contribution in [0.1, 0.15) is 13.3 Å². The normalized spacial score (nSPS) is 10.6. The predicted molar refractivity (Wildman–Crippen MR) is 70.1 cm³/mol. The number of thiazole rings is 1. The third-order valence-electron chi connectivity index (χ3n) is 2.36. The zero-order chi connectivity index (χ0) is 12.3. The van der Waals surface area contributed by atoms with Crippen molar-refractivity contribution in [2.24, 2.45) is 0 Å². The fraction of sp³-hybridized carbons (Fsp3) is 0.333. The molecule has 0 aliphatic rings. The highest BCUT2D eigenvalue weighted by Crippen LogP contribution is 2.16. The molecule has 2 aromatic rings. The van der Waals surface area contributed by atoms with Gasteiger partial charge in [-0.05, 0) is 18.6 Å². The van der Waals surface area contributed by atoms with Crippen LogP contribution in [0.3, 0.4) is 0 Å². The third kappa shape index (κ3) is 2.55. The minimum atomic E-state index is -0.0453. The van der Waals surface area contributed by atoms with E-state index < -0.39 is 0 Å². The van der Waals surface area contributed by atoms with E-state index in [0.717, 1.165) is 16.6 Å². The number of nitrogens with zero attached hydrogens (tertiary/aromatic N) is 1. The quantitative estimate of drug-likeness (QED) is 0.669. The van der Waals surface area contributed by atoms with Crippen molar-refractivity contribution >= 4 is 27.5 Å². The van der Waals surface area contributed by atoms with Gasteiger partial charge in [0.25, 0.3) is 0 Å². The lowest BCUT2D eigenvalue weighted by atomic mass is 10.3. The van der Waals surface area contributed by atoms with Gasteiger partial charge in [0.15, 0.2) is 0 Å². The van der Waals surface area contributed by atoms with Crippen LogP contribution in [0, 0.1) is 5.41 Å². The second-order valence-corrected chi connectivity index (χ2v) is 4.69. The van der Waals surface area contributed by atoms with Gasteiger partial charge in [-0.25, -0.2) is 0 Å². The standard InChI is InChI=1S/C12H14N2O2S/c1-2-7-16-11(13)8-14-9-5-3-4-6-10(9)17-12(14)15/h3-6,13H,2,7-8H2,1H3. The van der Waals surface area contributed by atoms with Crippen LogP contribution in [0.5, 0.6) is 0 Å². The average molecular weight is 250 g/mol. The Morgan fingerprint density at radius 1 is 1.47 bits per heavy atom. The number of hydrogen-bond donors (Lipinski definition) is 1. The Bertz CT molecular complexity index is 585. The van der Waals surface area contributed by atoms with Crippen LogP contribution < -0.4 is 4.87 Å². The van der Waals surface area contributed by atoms with E-state index in [1.165, 1.54) is 11.3 Å². The Morgan fingerprint density at radius 2 is 2.24 bits per heavy atom. The summed E-state index contributed by atoms with van der Waals surface area (Å²) in [5.74, 6) is 0.137. The van der Waals surface area contributed by atoms with Gasteiger partial charge in [-0.1, -0.05) is 30.4 Å². The molecule has 0 unspecified atom stereocenters.